The summed E-state index contributed by atoms with van der Waals surface area (Å²) in [5, 5.41) is 0. The van der Waals surface area contributed by atoms with Crippen LogP contribution in [0.25, 0.3) is 0 Å². The lowest BCUT2D eigenvalue weighted by atomic mass is 9.85. The van der Waals surface area contributed by atoms with Crippen LogP contribution in [0.1, 0.15) is 103 Å². The number of hydrogen-bond donors (Lipinski definition) is 0. The number of rotatable bonds is 13. The minimum absolute atomic E-state index is 0. The van der Waals surface area contributed by atoms with Gasteiger partial charge in [0.25, 0.3) is 0 Å². The Hall–Kier alpha value is 0.440. The molecule has 1 aliphatic carbocycles. The van der Waals surface area contributed by atoms with Gasteiger partial charge in [0.15, 0.2) is 0 Å². The van der Waals surface area contributed by atoms with Crippen molar-refractivity contribution in [3.8, 4) is 0 Å². The standard InChI is InChI=1S/C20H41N.BrH/c1-21(2)19-15-10-8-6-4-3-5-7-9-12-16-20-17-13-11-14-18-20;/h20H,3-19H2,1-2H3;1H. The smallest absolute Gasteiger partial charge is 0.00248 e. The van der Waals surface area contributed by atoms with E-state index >= 15 is 0 Å². The summed E-state index contributed by atoms with van der Waals surface area (Å²) in [6.07, 6.45) is 23.8. The molecule has 2 heteroatoms. The summed E-state index contributed by atoms with van der Waals surface area (Å²) in [6.45, 7) is 1.26. The van der Waals surface area contributed by atoms with Crippen molar-refractivity contribution in [3.63, 3.8) is 0 Å². The summed E-state index contributed by atoms with van der Waals surface area (Å²) in [5.74, 6) is 1.10. The van der Waals surface area contributed by atoms with E-state index in [0.29, 0.717) is 0 Å². The van der Waals surface area contributed by atoms with Gasteiger partial charge in [-0.1, -0.05) is 96.3 Å². The molecule has 0 aliphatic heterocycles. The summed E-state index contributed by atoms with van der Waals surface area (Å²) >= 11 is 0. The highest BCUT2D eigenvalue weighted by Gasteiger charge is 2.12. The fraction of sp³-hybridized carbons (Fsp3) is 1.00. The van der Waals surface area contributed by atoms with Crippen molar-refractivity contribution in [2.45, 2.75) is 103 Å². The monoisotopic (exact) mass is 375 g/mol. The maximum atomic E-state index is 2.30. The van der Waals surface area contributed by atoms with Crippen molar-refractivity contribution in [2.75, 3.05) is 20.6 Å². The Bertz CT molecular complexity index is 212. The number of hydrogen-bond acceptors (Lipinski definition) is 1. The highest BCUT2D eigenvalue weighted by Crippen LogP contribution is 2.28. The summed E-state index contributed by atoms with van der Waals surface area (Å²) < 4.78 is 0. The summed E-state index contributed by atoms with van der Waals surface area (Å²) in [6, 6.07) is 0. The average Bonchev–Trinajstić information content (AvgIpc) is 2.49. The van der Waals surface area contributed by atoms with E-state index in [1.807, 2.05) is 0 Å². The third-order valence-electron chi connectivity index (χ3n) is 5.19. The van der Waals surface area contributed by atoms with Crippen LogP contribution in [0, 0.1) is 5.92 Å². The zero-order valence-electron chi connectivity index (χ0n) is 15.5. The van der Waals surface area contributed by atoms with Gasteiger partial charge < -0.3 is 4.90 Å². The molecule has 1 rings (SSSR count). The number of nitrogens with zero attached hydrogens (tertiary/aromatic N) is 1. The van der Waals surface area contributed by atoms with Crippen LogP contribution >= 0.6 is 17.0 Å². The lowest BCUT2D eigenvalue weighted by Gasteiger charge is -2.21. The molecule has 0 unspecified atom stereocenters. The Morgan fingerprint density at radius 3 is 1.59 bits per heavy atom. The fourth-order valence-electron chi connectivity index (χ4n) is 3.75. The second kappa shape index (κ2) is 16.3. The van der Waals surface area contributed by atoms with Gasteiger partial charge in [-0.15, -0.1) is 17.0 Å². The van der Waals surface area contributed by atoms with E-state index in [4.69, 9.17) is 0 Å². The van der Waals surface area contributed by atoms with Gasteiger partial charge in [-0.3, -0.25) is 0 Å². The molecular formula is C20H42BrN. The lowest BCUT2D eigenvalue weighted by molar-refractivity contribution is 0.328. The largest absolute Gasteiger partial charge is 0.309 e. The van der Waals surface area contributed by atoms with E-state index in [2.05, 4.69) is 19.0 Å². The molecule has 0 heterocycles. The molecule has 0 amide bonds. The first-order valence-corrected chi connectivity index (χ1v) is 9.94. The second-order valence-corrected chi connectivity index (χ2v) is 7.63. The Morgan fingerprint density at radius 2 is 1.09 bits per heavy atom. The van der Waals surface area contributed by atoms with Crippen LogP contribution in [-0.2, 0) is 0 Å². The minimum Gasteiger partial charge on any atom is -0.309 e. The normalized spacial score (nSPS) is 16.0. The molecule has 0 atom stereocenters. The molecule has 0 aromatic carbocycles. The highest BCUT2D eigenvalue weighted by atomic mass is 79.9. The lowest BCUT2D eigenvalue weighted by Crippen LogP contribution is -2.12. The van der Waals surface area contributed by atoms with Crippen LogP contribution in [0.15, 0.2) is 0 Å². The van der Waals surface area contributed by atoms with Gasteiger partial charge in [0, 0.05) is 0 Å². The van der Waals surface area contributed by atoms with Crippen molar-refractivity contribution in [1.82, 2.24) is 4.90 Å². The molecule has 0 spiro atoms. The van der Waals surface area contributed by atoms with Crippen LogP contribution in [0.4, 0.5) is 0 Å². The van der Waals surface area contributed by atoms with Crippen molar-refractivity contribution in [1.29, 1.82) is 0 Å². The first-order valence-electron chi connectivity index (χ1n) is 9.94. The van der Waals surface area contributed by atoms with Crippen LogP contribution in [0.3, 0.4) is 0 Å². The summed E-state index contributed by atoms with van der Waals surface area (Å²) in [4.78, 5) is 2.30. The molecule has 22 heavy (non-hydrogen) atoms. The third-order valence-corrected chi connectivity index (χ3v) is 5.19. The van der Waals surface area contributed by atoms with Gasteiger partial charge >= 0.3 is 0 Å². The van der Waals surface area contributed by atoms with Gasteiger partial charge in [-0.25, -0.2) is 0 Å². The number of unbranched alkanes of at least 4 members (excludes halogenated alkanes) is 9. The molecule has 0 bridgehead atoms. The Morgan fingerprint density at radius 1 is 0.636 bits per heavy atom. The van der Waals surface area contributed by atoms with Crippen LogP contribution in [-0.4, -0.2) is 25.5 Å². The molecule has 1 saturated carbocycles. The first-order chi connectivity index (χ1) is 10.3. The van der Waals surface area contributed by atoms with Crippen LogP contribution in [0.5, 0.6) is 0 Å². The first kappa shape index (κ1) is 22.4. The maximum Gasteiger partial charge on any atom is -0.00248 e. The number of halogens is 1. The quantitative estimate of drug-likeness (QED) is 0.313. The Kier molecular flexibility index (Phi) is 16.6. The second-order valence-electron chi connectivity index (χ2n) is 7.63. The van der Waals surface area contributed by atoms with E-state index in [1.54, 1.807) is 0 Å². The van der Waals surface area contributed by atoms with E-state index in [-0.39, 0.29) is 17.0 Å². The average molecular weight is 376 g/mol. The van der Waals surface area contributed by atoms with Crippen LogP contribution in [0.2, 0.25) is 0 Å². The zero-order chi connectivity index (χ0) is 15.2. The molecule has 1 aliphatic rings. The third kappa shape index (κ3) is 14.1. The van der Waals surface area contributed by atoms with E-state index in [1.165, 1.54) is 109 Å². The van der Waals surface area contributed by atoms with E-state index < -0.39 is 0 Å². The molecular weight excluding hydrogens is 334 g/mol. The van der Waals surface area contributed by atoms with Crippen molar-refractivity contribution in [2.24, 2.45) is 5.92 Å². The molecule has 0 radical (unpaired) electrons. The molecule has 0 aromatic heterocycles. The van der Waals surface area contributed by atoms with Crippen LogP contribution < -0.4 is 0 Å². The van der Waals surface area contributed by atoms with Gasteiger partial charge in [0.1, 0.15) is 0 Å². The molecule has 0 N–H and O–H groups in total. The molecule has 0 saturated heterocycles. The summed E-state index contributed by atoms with van der Waals surface area (Å²) in [5.41, 5.74) is 0. The van der Waals surface area contributed by atoms with Gasteiger partial charge in [-0.2, -0.15) is 0 Å². The Labute approximate surface area is 151 Å². The van der Waals surface area contributed by atoms with Gasteiger partial charge in [-0.05, 0) is 33.0 Å². The molecule has 1 nitrogen and oxygen atoms in total. The predicted molar refractivity (Wildman–Crippen MR) is 106 cm³/mol. The van der Waals surface area contributed by atoms with E-state index in [9.17, 15) is 0 Å². The van der Waals surface area contributed by atoms with Crippen molar-refractivity contribution in [3.05, 3.63) is 0 Å². The molecule has 1 fully saturated rings. The molecule has 0 aromatic rings. The topological polar surface area (TPSA) is 3.24 Å². The maximum absolute atomic E-state index is 2.30. The van der Waals surface area contributed by atoms with Gasteiger partial charge in [0.2, 0.25) is 0 Å². The Balaban J connectivity index is 0.00000441. The minimum atomic E-state index is 0. The van der Waals surface area contributed by atoms with Crippen molar-refractivity contribution < 1.29 is 0 Å². The highest BCUT2D eigenvalue weighted by molar-refractivity contribution is 8.93. The predicted octanol–water partition coefficient (Wildman–Crippen LogP) is 7.00. The summed E-state index contributed by atoms with van der Waals surface area (Å²) in [7, 11) is 4.35. The zero-order valence-corrected chi connectivity index (χ0v) is 17.2. The van der Waals surface area contributed by atoms with E-state index in [0.717, 1.165) is 5.92 Å². The fourth-order valence-corrected chi connectivity index (χ4v) is 3.75. The molecule has 134 valence electrons. The SMILES string of the molecule is Br.CN(C)CCCCCCCCCCCCC1CCCCC1. The van der Waals surface area contributed by atoms with Crippen molar-refractivity contribution >= 4 is 17.0 Å². The van der Waals surface area contributed by atoms with Gasteiger partial charge in [0.05, 0.1) is 0 Å².